The van der Waals surface area contributed by atoms with E-state index < -0.39 is 0 Å². The van der Waals surface area contributed by atoms with Crippen molar-refractivity contribution in [1.29, 1.82) is 0 Å². The zero-order chi connectivity index (χ0) is 19.2. The Morgan fingerprint density at radius 2 is 1.59 bits per heavy atom. The van der Waals surface area contributed by atoms with Gasteiger partial charge in [0.05, 0.1) is 22.4 Å². The van der Waals surface area contributed by atoms with Crippen molar-refractivity contribution in [3.8, 4) is 0 Å². The van der Waals surface area contributed by atoms with Gasteiger partial charge >= 0.3 is 0 Å². The van der Waals surface area contributed by atoms with Crippen LogP contribution in [0, 0.1) is 13.8 Å². The van der Waals surface area contributed by atoms with Crippen molar-refractivity contribution in [2.75, 3.05) is 6.54 Å². The number of amides is 2. The highest BCUT2D eigenvalue weighted by molar-refractivity contribution is 5.97. The molecule has 2 amide bonds. The monoisotopic (exact) mass is 362 g/mol. The van der Waals surface area contributed by atoms with Crippen LogP contribution in [-0.4, -0.2) is 28.3 Å². The fraction of sp³-hybridized carbons (Fsp3) is 0.238. The minimum absolute atomic E-state index is 0.102. The van der Waals surface area contributed by atoms with Gasteiger partial charge in [-0.2, -0.15) is 0 Å². The van der Waals surface area contributed by atoms with Gasteiger partial charge in [0.15, 0.2) is 0 Å². The summed E-state index contributed by atoms with van der Waals surface area (Å²) in [5.74, 6) is -0.331. The lowest BCUT2D eigenvalue weighted by Crippen LogP contribution is -2.30. The van der Waals surface area contributed by atoms with E-state index in [0.29, 0.717) is 17.6 Å². The van der Waals surface area contributed by atoms with Crippen molar-refractivity contribution in [1.82, 2.24) is 20.6 Å². The van der Waals surface area contributed by atoms with Gasteiger partial charge < -0.3 is 10.6 Å². The Hall–Kier alpha value is -3.28. The van der Waals surface area contributed by atoms with Crippen LogP contribution >= 0.6 is 0 Å². The van der Waals surface area contributed by atoms with E-state index in [9.17, 15) is 9.59 Å². The molecule has 0 aliphatic rings. The number of hydrogen-bond acceptors (Lipinski definition) is 4. The second-order valence-electron chi connectivity index (χ2n) is 6.37. The molecule has 27 heavy (non-hydrogen) atoms. The van der Waals surface area contributed by atoms with Gasteiger partial charge in [0, 0.05) is 25.1 Å². The van der Waals surface area contributed by atoms with Crippen LogP contribution in [0.5, 0.6) is 0 Å². The van der Waals surface area contributed by atoms with Crippen LogP contribution in [0.25, 0.3) is 11.0 Å². The Kier molecular flexibility index (Phi) is 5.76. The lowest BCUT2D eigenvalue weighted by molar-refractivity contribution is -0.121. The lowest BCUT2D eigenvalue weighted by atomic mass is 10.1. The Labute approximate surface area is 158 Å². The van der Waals surface area contributed by atoms with Gasteiger partial charge in [-0.15, -0.1) is 0 Å². The molecule has 1 heterocycles. The number of fused-ring (bicyclic) bond motifs is 1. The summed E-state index contributed by atoms with van der Waals surface area (Å²) in [7, 11) is 0. The molecular weight excluding hydrogens is 340 g/mol. The first-order valence-corrected chi connectivity index (χ1v) is 8.87. The molecule has 0 aliphatic heterocycles. The third kappa shape index (κ3) is 4.88. The zero-order valence-corrected chi connectivity index (χ0v) is 15.5. The number of nitrogens with one attached hydrogen (secondary N) is 2. The molecule has 0 spiro atoms. The molecule has 138 valence electrons. The molecule has 0 atom stereocenters. The molecule has 0 saturated carbocycles. The molecule has 3 rings (SSSR count). The molecule has 0 aliphatic carbocycles. The molecule has 0 radical (unpaired) electrons. The van der Waals surface area contributed by atoms with E-state index in [1.807, 2.05) is 44.2 Å². The molecule has 0 unspecified atom stereocenters. The first kappa shape index (κ1) is 18.5. The van der Waals surface area contributed by atoms with E-state index >= 15 is 0 Å². The van der Waals surface area contributed by atoms with Crippen LogP contribution in [0.3, 0.4) is 0 Å². The fourth-order valence-corrected chi connectivity index (χ4v) is 2.65. The molecule has 1 aromatic heterocycles. The first-order chi connectivity index (χ1) is 13.0. The Morgan fingerprint density at radius 3 is 2.33 bits per heavy atom. The van der Waals surface area contributed by atoms with Gasteiger partial charge in [-0.25, -0.2) is 9.97 Å². The number of nitrogens with zero attached hydrogens (tertiary/aromatic N) is 2. The normalized spacial score (nSPS) is 10.6. The quantitative estimate of drug-likeness (QED) is 0.706. The number of carbonyl (C=O) groups excluding carboxylic acids is 2. The fourth-order valence-electron chi connectivity index (χ4n) is 2.65. The topological polar surface area (TPSA) is 84.0 Å². The predicted molar refractivity (Wildman–Crippen MR) is 104 cm³/mol. The standard InChI is InChI=1S/C21H22N4O2/c1-14-15(2)25-19-12-17(8-9-18(19)24-14)21(27)22-11-10-20(26)23-13-16-6-4-3-5-7-16/h3-9,12H,10-11,13H2,1-2H3,(H,22,27)(H,23,26). The molecule has 0 fully saturated rings. The summed E-state index contributed by atoms with van der Waals surface area (Å²) < 4.78 is 0. The Morgan fingerprint density at radius 1 is 0.889 bits per heavy atom. The number of aryl methyl sites for hydroxylation is 2. The molecule has 0 saturated heterocycles. The smallest absolute Gasteiger partial charge is 0.251 e. The van der Waals surface area contributed by atoms with Gasteiger partial charge in [0.2, 0.25) is 5.91 Å². The van der Waals surface area contributed by atoms with E-state index in [0.717, 1.165) is 22.5 Å². The van der Waals surface area contributed by atoms with Crippen molar-refractivity contribution in [2.45, 2.75) is 26.8 Å². The average molecular weight is 362 g/mol. The van der Waals surface area contributed by atoms with Gasteiger partial charge in [0.25, 0.3) is 5.91 Å². The van der Waals surface area contributed by atoms with Crippen molar-refractivity contribution < 1.29 is 9.59 Å². The molecule has 6 nitrogen and oxygen atoms in total. The Bertz CT molecular complexity index is 971. The minimum Gasteiger partial charge on any atom is -0.352 e. The van der Waals surface area contributed by atoms with E-state index in [1.165, 1.54) is 0 Å². The van der Waals surface area contributed by atoms with E-state index in [2.05, 4.69) is 20.6 Å². The SMILES string of the molecule is Cc1nc2ccc(C(=O)NCCC(=O)NCc3ccccc3)cc2nc1C. The summed E-state index contributed by atoms with van der Waals surface area (Å²) in [5, 5.41) is 5.61. The summed E-state index contributed by atoms with van der Waals surface area (Å²) in [6.07, 6.45) is 0.226. The van der Waals surface area contributed by atoms with Crippen LogP contribution in [0.15, 0.2) is 48.5 Å². The molecule has 2 N–H and O–H groups in total. The molecule has 2 aromatic carbocycles. The number of aromatic nitrogens is 2. The number of hydrogen-bond donors (Lipinski definition) is 2. The van der Waals surface area contributed by atoms with Crippen LogP contribution in [0.2, 0.25) is 0 Å². The zero-order valence-electron chi connectivity index (χ0n) is 15.5. The highest BCUT2D eigenvalue weighted by atomic mass is 16.2. The summed E-state index contributed by atoms with van der Waals surface area (Å²) >= 11 is 0. The second-order valence-corrected chi connectivity index (χ2v) is 6.37. The second kappa shape index (κ2) is 8.40. The van der Waals surface area contributed by atoms with Crippen LogP contribution in [0.1, 0.15) is 33.7 Å². The third-order valence-corrected chi connectivity index (χ3v) is 4.31. The minimum atomic E-state index is -0.229. The first-order valence-electron chi connectivity index (χ1n) is 8.87. The Balaban J connectivity index is 1.51. The number of benzene rings is 2. The lowest BCUT2D eigenvalue weighted by Gasteiger charge is -2.08. The van der Waals surface area contributed by atoms with Crippen LogP contribution in [0.4, 0.5) is 0 Å². The van der Waals surface area contributed by atoms with E-state index in [4.69, 9.17) is 0 Å². The van der Waals surface area contributed by atoms with E-state index in [1.54, 1.807) is 18.2 Å². The van der Waals surface area contributed by atoms with Crippen molar-refractivity contribution >= 4 is 22.8 Å². The molecule has 6 heteroatoms. The maximum absolute atomic E-state index is 12.3. The summed E-state index contributed by atoms with van der Waals surface area (Å²) in [6.45, 7) is 4.56. The number of rotatable bonds is 6. The van der Waals surface area contributed by atoms with Crippen LogP contribution < -0.4 is 10.6 Å². The maximum Gasteiger partial charge on any atom is 0.251 e. The highest BCUT2D eigenvalue weighted by Gasteiger charge is 2.09. The van der Waals surface area contributed by atoms with Crippen molar-refractivity contribution in [3.05, 3.63) is 71.0 Å². The van der Waals surface area contributed by atoms with E-state index in [-0.39, 0.29) is 24.8 Å². The third-order valence-electron chi connectivity index (χ3n) is 4.31. The largest absolute Gasteiger partial charge is 0.352 e. The van der Waals surface area contributed by atoms with Crippen LogP contribution in [-0.2, 0) is 11.3 Å². The van der Waals surface area contributed by atoms with Gasteiger partial charge in [0.1, 0.15) is 0 Å². The molecule has 0 bridgehead atoms. The summed E-state index contributed by atoms with van der Waals surface area (Å²) in [6, 6.07) is 14.9. The van der Waals surface area contributed by atoms with Gasteiger partial charge in [-0.05, 0) is 37.6 Å². The summed E-state index contributed by atoms with van der Waals surface area (Å²) in [5.41, 5.74) is 4.71. The molecule has 3 aromatic rings. The van der Waals surface area contributed by atoms with Gasteiger partial charge in [-0.3, -0.25) is 9.59 Å². The average Bonchev–Trinajstić information content (AvgIpc) is 2.67. The maximum atomic E-state index is 12.3. The van der Waals surface area contributed by atoms with Gasteiger partial charge in [-0.1, -0.05) is 30.3 Å². The van der Waals surface area contributed by atoms with Crippen molar-refractivity contribution in [3.63, 3.8) is 0 Å². The predicted octanol–water partition coefficient (Wildman–Crippen LogP) is 2.68. The highest BCUT2D eigenvalue weighted by Crippen LogP contribution is 2.14. The number of carbonyl (C=O) groups is 2. The van der Waals surface area contributed by atoms with Crippen molar-refractivity contribution in [2.24, 2.45) is 0 Å². The summed E-state index contributed by atoms with van der Waals surface area (Å²) in [4.78, 5) is 33.1. The molecular formula is C21H22N4O2.